The Morgan fingerprint density at radius 3 is 2.53 bits per heavy atom. The molecule has 4 heteroatoms. The Bertz CT molecular complexity index is 494. The van der Waals surface area contributed by atoms with Gasteiger partial charge in [-0.25, -0.2) is 0 Å². The van der Waals surface area contributed by atoms with Crippen molar-refractivity contribution in [2.45, 2.75) is 20.4 Å². The molecule has 1 aromatic heterocycles. The summed E-state index contributed by atoms with van der Waals surface area (Å²) in [6, 6.07) is 9.64. The van der Waals surface area contributed by atoms with Crippen LogP contribution >= 0.6 is 0 Å². The summed E-state index contributed by atoms with van der Waals surface area (Å²) < 4.78 is 16.4. The van der Waals surface area contributed by atoms with Gasteiger partial charge in [-0.3, -0.25) is 0 Å². The van der Waals surface area contributed by atoms with Crippen molar-refractivity contribution in [3.8, 4) is 11.5 Å². The van der Waals surface area contributed by atoms with Crippen LogP contribution in [0.3, 0.4) is 0 Å². The molecule has 0 aliphatic heterocycles. The van der Waals surface area contributed by atoms with Gasteiger partial charge in [-0.15, -0.1) is 0 Å². The largest absolute Gasteiger partial charge is 0.490 e. The van der Waals surface area contributed by atoms with Crippen LogP contribution in [0.2, 0.25) is 0 Å². The molecule has 1 heterocycles. The average molecular weight is 261 g/mol. The van der Waals surface area contributed by atoms with Gasteiger partial charge in [-0.1, -0.05) is 0 Å². The molecular weight excluding hydrogens is 242 g/mol. The van der Waals surface area contributed by atoms with Gasteiger partial charge in [0.15, 0.2) is 11.5 Å². The van der Waals surface area contributed by atoms with Crippen LogP contribution in [-0.4, -0.2) is 13.2 Å². The number of ether oxygens (including phenoxy) is 2. The molecule has 1 aromatic carbocycles. The normalized spacial score (nSPS) is 10.2. The van der Waals surface area contributed by atoms with Crippen LogP contribution in [0, 0.1) is 0 Å². The minimum absolute atomic E-state index is 0.613. The van der Waals surface area contributed by atoms with Gasteiger partial charge in [0.2, 0.25) is 0 Å². The number of rotatable bonds is 7. The van der Waals surface area contributed by atoms with Crippen molar-refractivity contribution >= 4 is 5.69 Å². The molecule has 0 bridgehead atoms. The van der Waals surface area contributed by atoms with Crippen LogP contribution in [0.15, 0.2) is 41.0 Å². The van der Waals surface area contributed by atoms with E-state index in [9.17, 15) is 0 Å². The van der Waals surface area contributed by atoms with E-state index in [0.29, 0.717) is 19.8 Å². The summed E-state index contributed by atoms with van der Waals surface area (Å²) in [7, 11) is 0. The molecule has 0 aliphatic rings. The summed E-state index contributed by atoms with van der Waals surface area (Å²) in [5.74, 6) is 2.42. The maximum atomic E-state index is 5.58. The second kappa shape index (κ2) is 6.73. The van der Waals surface area contributed by atoms with Crippen LogP contribution in [0.25, 0.3) is 0 Å². The van der Waals surface area contributed by atoms with Gasteiger partial charge in [-0.2, -0.15) is 0 Å². The summed E-state index contributed by atoms with van der Waals surface area (Å²) in [5.41, 5.74) is 0.975. The smallest absolute Gasteiger partial charge is 0.163 e. The summed E-state index contributed by atoms with van der Waals surface area (Å²) in [6.07, 6.45) is 1.67. The minimum Gasteiger partial charge on any atom is -0.490 e. The van der Waals surface area contributed by atoms with E-state index >= 15 is 0 Å². The van der Waals surface area contributed by atoms with Crippen LogP contribution < -0.4 is 14.8 Å². The van der Waals surface area contributed by atoms with Crippen molar-refractivity contribution in [3.05, 3.63) is 42.4 Å². The van der Waals surface area contributed by atoms with Gasteiger partial charge in [0.1, 0.15) is 5.76 Å². The molecule has 2 aromatic rings. The third-order valence-corrected chi connectivity index (χ3v) is 2.59. The first-order valence-electron chi connectivity index (χ1n) is 6.49. The zero-order valence-corrected chi connectivity index (χ0v) is 11.3. The minimum atomic E-state index is 0.613. The molecule has 19 heavy (non-hydrogen) atoms. The standard InChI is InChI=1S/C15H19NO3/c1-3-17-14-8-7-12(10-15(14)18-4-2)16-11-13-6-5-9-19-13/h5-10,16H,3-4,11H2,1-2H3. The fourth-order valence-electron chi connectivity index (χ4n) is 1.76. The summed E-state index contributed by atoms with van der Waals surface area (Å²) in [5, 5.41) is 3.29. The molecular formula is C15H19NO3. The number of hydrogen-bond donors (Lipinski definition) is 1. The van der Waals surface area contributed by atoms with Gasteiger partial charge < -0.3 is 19.2 Å². The van der Waals surface area contributed by atoms with E-state index in [0.717, 1.165) is 22.9 Å². The third kappa shape index (κ3) is 3.68. The number of hydrogen-bond acceptors (Lipinski definition) is 4. The summed E-state index contributed by atoms with van der Waals surface area (Å²) in [6.45, 7) is 5.80. The lowest BCUT2D eigenvalue weighted by molar-refractivity contribution is 0.288. The monoisotopic (exact) mass is 261 g/mol. The third-order valence-electron chi connectivity index (χ3n) is 2.59. The molecule has 4 nitrogen and oxygen atoms in total. The average Bonchev–Trinajstić information content (AvgIpc) is 2.93. The zero-order chi connectivity index (χ0) is 13.5. The second-order valence-electron chi connectivity index (χ2n) is 3.96. The molecule has 2 rings (SSSR count). The van der Waals surface area contributed by atoms with E-state index in [2.05, 4.69) is 5.32 Å². The van der Waals surface area contributed by atoms with Crippen LogP contribution in [0.5, 0.6) is 11.5 Å². The lowest BCUT2D eigenvalue weighted by Gasteiger charge is -2.13. The van der Waals surface area contributed by atoms with Crippen LogP contribution in [0.1, 0.15) is 19.6 Å². The highest BCUT2D eigenvalue weighted by Crippen LogP contribution is 2.30. The first-order chi connectivity index (χ1) is 9.33. The number of nitrogens with one attached hydrogen (secondary N) is 1. The maximum absolute atomic E-state index is 5.58. The molecule has 0 unspecified atom stereocenters. The van der Waals surface area contributed by atoms with Gasteiger partial charge >= 0.3 is 0 Å². The highest BCUT2D eigenvalue weighted by molar-refractivity contribution is 5.54. The topological polar surface area (TPSA) is 43.6 Å². The quantitative estimate of drug-likeness (QED) is 0.825. The van der Waals surface area contributed by atoms with Crippen molar-refractivity contribution in [2.24, 2.45) is 0 Å². The van der Waals surface area contributed by atoms with Crippen molar-refractivity contribution in [1.29, 1.82) is 0 Å². The Morgan fingerprint density at radius 1 is 1.05 bits per heavy atom. The lowest BCUT2D eigenvalue weighted by Crippen LogP contribution is -2.01. The van der Waals surface area contributed by atoms with E-state index in [-0.39, 0.29) is 0 Å². The molecule has 1 N–H and O–H groups in total. The van der Waals surface area contributed by atoms with E-state index in [1.807, 2.05) is 44.2 Å². The zero-order valence-electron chi connectivity index (χ0n) is 11.3. The van der Waals surface area contributed by atoms with Gasteiger partial charge in [0, 0.05) is 11.8 Å². The Balaban J connectivity index is 2.06. The summed E-state index contributed by atoms with van der Waals surface area (Å²) in [4.78, 5) is 0. The van der Waals surface area contributed by atoms with Gasteiger partial charge in [-0.05, 0) is 38.1 Å². The van der Waals surface area contributed by atoms with Crippen molar-refractivity contribution in [2.75, 3.05) is 18.5 Å². The molecule has 0 spiro atoms. The van der Waals surface area contributed by atoms with Crippen molar-refractivity contribution < 1.29 is 13.9 Å². The molecule has 0 atom stereocenters. The number of furan rings is 1. The maximum Gasteiger partial charge on any atom is 0.163 e. The predicted octanol–water partition coefficient (Wildman–Crippen LogP) is 3.69. The van der Waals surface area contributed by atoms with E-state index in [1.165, 1.54) is 0 Å². The highest BCUT2D eigenvalue weighted by atomic mass is 16.5. The molecule has 0 radical (unpaired) electrons. The van der Waals surface area contributed by atoms with Crippen LogP contribution in [-0.2, 0) is 6.54 Å². The molecule has 0 aliphatic carbocycles. The van der Waals surface area contributed by atoms with Gasteiger partial charge in [0.05, 0.1) is 26.0 Å². The van der Waals surface area contributed by atoms with Crippen LogP contribution in [0.4, 0.5) is 5.69 Å². The Labute approximate surface area is 113 Å². The van der Waals surface area contributed by atoms with Crippen molar-refractivity contribution in [1.82, 2.24) is 0 Å². The fraction of sp³-hybridized carbons (Fsp3) is 0.333. The molecule has 0 saturated carbocycles. The Kier molecular flexibility index (Phi) is 4.72. The number of anilines is 1. The van der Waals surface area contributed by atoms with E-state index in [4.69, 9.17) is 13.9 Å². The SMILES string of the molecule is CCOc1ccc(NCc2ccco2)cc1OCC. The van der Waals surface area contributed by atoms with Gasteiger partial charge in [0.25, 0.3) is 0 Å². The molecule has 102 valence electrons. The van der Waals surface area contributed by atoms with E-state index < -0.39 is 0 Å². The summed E-state index contributed by atoms with van der Waals surface area (Å²) >= 11 is 0. The lowest BCUT2D eigenvalue weighted by atomic mass is 10.2. The number of benzene rings is 1. The Morgan fingerprint density at radius 2 is 1.84 bits per heavy atom. The Hall–Kier alpha value is -2.10. The first-order valence-corrected chi connectivity index (χ1v) is 6.49. The predicted molar refractivity (Wildman–Crippen MR) is 74.8 cm³/mol. The second-order valence-corrected chi connectivity index (χ2v) is 3.96. The molecule has 0 saturated heterocycles. The van der Waals surface area contributed by atoms with E-state index in [1.54, 1.807) is 6.26 Å². The molecule has 0 fully saturated rings. The van der Waals surface area contributed by atoms with Crippen molar-refractivity contribution in [3.63, 3.8) is 0 Å². The fourth-order valence-corrected chi connectivity index (χ4v) is 1.76. The first kappa shape index (κ1) is 13.3. The molecule has 0 amide bonds. The highest BCUT2D eigenvalue weighted by Gasteiger charge is 2.06.